The first-order chi connectivity index (χ1) is 9.66. The first kappa shape index (κ1) is 15.6. The van der Waals surface area contributed by atoms with Crippen LogP contribution in [0.1, 0.15) is 0 Å². The van der Waals surface area contributed by atoms with Crippen molar-refractivity contribution in [2.24, 2.45) is 0 Å². The minimum atomic E-state index is -5.05. The van der Waals surface area contributed by atoms with Gasteiger partial charge in [-0.1, -0.05) is 0 Å². The highest BCUT2D eigenvalue weighted by Crippen LogP contribution is 2.35. The topological polar surface area (TPSA) is 75.7 Å². The Labute approximate surface area is 118 Å². The van der Waals surface area contributed by atoms with Crippen molar-refractivity contribution >= 4 is 21.6 Å². The number of fused-ring (bicyclic) bond motifs is 1. The molecule has 0 aromatic heterocycles. The molecule has 6 nitrogen and oxygen atoms in total. The van der Waals surface area contributed by atoms with Gasteiger partial charge >= 0.3 is 12.1 Å². The van der Waals surface area contributed by atoms with Gasteiger partial charge in [-0.25, -0.2) is 13.1 Å². The number of hydrogen-bond acceptors (Lipinski definition) is 4. The van der Waals surface area contributed by atoms with Crippen LogP contribution in [0.15, 0.2) is 23.1 Å². The van der Waals surface area contributed by atoms with Crippen molar-refractivity contribution < 1.29 is 31.1 Å². The number of rotatable bonds is 2. The second kappa shape index (κ2) is 5.19. The molecule has 0 radical (unpaired) electrons. The van der Waals surface area contributed by atoms with E-state index in [0.29, 0.717) is 4.90 Å². The third-order valence-electron chi connectivity index (χ3n) is 2.86. The molecule has 0 unspecified atom stereocenters. The fraction of sp³-hybridized carbons (Fsp3) is 0.364. The van der Waals surface area contributed by atoms with E-state index in [1.165, 1.54) is 19.2 Å². The lowest BCUT2D eigenvalue weighted by Gasteiger charge is -2.30. The molecule has 0 saturated heterocycles. The minimum Gasteiger partial charge on any atom is -0.490 e. The van der Waals surface area contributed by atoms with Crippen molar-refractivity contribution in [3.05, 3.63) is 18.2 Å². The van der Waals surface area contributed by atoms with Gasteiger partial charge in [0, 0.05) is 0 Å². The Balaban J connectivity index is 2.51. The molecule has 0 saturated carbocycles. The highest BCUT2D eigenvalue weighted by atomic mass is 32.2. The van der Waals surface area contributed by atoms with Gasteiger partial charge in [0.1, 0.15) is 12.4 Å². The number of alkyl halides is 3. The van der Waals surface area contributed by atoms with E-state index in [-0.39, 0.29) is 29.5 Å². The Bertz CT molecular complexity index is 673. The number of anilines is 1. The number of sulfonamides is 1. The van der Waals surface area contributed by atoms with Crippen molar-refractivity contribution in [3.63, 3.8) is 0 Å². The number of carbonyl (C=O) groups is 1. The largest absolute Gasteiger partial charge is 0.490 e. The molecule has 1 N–H and O–H groups in total. The van der Waals surface area contributed by atoms with Gasteiger partial charge in [0.2, 0.25) is 10.0 Å². The fourth-order valence-electron chi connectivity index (χ4n) is 1.85. The van der Waals surface area contributed by atoms with Crippen LogP contribution in [0.4, 0.5) is 18.9 Å². The third kappa shape index (κ3) is 2.95. The number of carbonyl (C=O) groups excluding carboxylic acids is 1. The summed E-state index contributed by atoms with van der Waals surface area (Å²) in [6.07, 6.45) is -5.05. The average molecular weight is 324 g/mol. The molecular formula is C11H11F3N2O4S. The molecule has 1 aromatic carbocycles. The number of nitrogens with one attached hydrogen (secondary N) is 1. The first-order valence-corrected chi connectivity index (χ1v) is 7.24. The van der Waals surface area contributed by atoms with Gasteiger partial charge in [0.15, 0.2) is 0 Å². The van der Waals surface area contributed by atoms with E-state index in [1.807, 2.05) is 4.72 Å². The Kier molecular flexibility index (Phi) is 3.85. The quantitative estimate of drug-likeness (QED) is 0.876. The van der Waals surface area contributed by atoms with Crippen LogP contribution in [0.5, 0.6) is 5.75 Å². The molecule has 21 heavy (non-hydrogen) atoms. The summed E-state index contributed by atoms with van der Waals surface area (Å²) in [5.41, 5.74) is -0.222. The maximum atomic E-state index is 12.6. The van der Waals surface area contributed by atoms with Crippen LogP contribution in [0.3, 0.4) is 0 Å². The standard InChI is InChI=1S/C11H11F3N2O4S/c1-15-21(18,19)7-2-3-9-8(6-7)16(4-5-20-9)10(17)11(12,13)14/h2-3,6,15H,4-5H2,1H3. The van der Waals surface area contributed by atoms with Crippen LogP contribution in [-0.2, 0) is 14.8 Å². The van der Waals surface area contributed by atoms with Crippen LogP contribution in [0.25, 0.3) is 0 Å². The van der Waals surface area contributed by atoms with Crippen molar-refractivity contribution in [1.82, 2.24) is 4.72 Å². The minimum absolute atomic E-state index is 0.0221. The van der Waals surface area contributed by atoms with E-state index in [9.17, 15) is 26.4 Å². The second-order valence-electron chi connectivity index (χ2n) is 4.14. The van der Waals surface area contributed by atoms with E-state index < -0.39 is 22.1 Å². The summed E-state index contributed by atoms with van der Waals surface area (Å²) in [5.74, 6) is -2.04. The molecule has 1 aliphatic heterocycles. The van der Waals surface area contributed by atoms with Crippen LogP contribution in [0, 0.1) is 0 Å². The lowest BCUT2D eigenvalue weighted by molar-refractivity contribution is -0.170. The summed E-state index contributed by atoms with van der Waals surface area (Å²) in [6, 6.07) is 3.38. The zero-order chi connectivity index (χ0) is 15.8. The van der Waals surface area contributed by atoms with Gasteiger partial charge in [0.05, 0.1) is 17.1 Å². The highest BCUT2D eigenvalue weighted by molar-refractivity contribution is 7.89. The molecule has 0 atom stereocenters. The van der Waals surface area contributed by atoms with E-state index >= 15 is 0 Å². The smallest absolute Gasteiger partial charge is 0.471 e. The first-order valence-electron chi connectivity index (χ1n) is 5.76. The average Bonchev–Trinajstić information content (AvgIpc) is 2.44. The Hall–Kier alpha value is -1.81. The molecule has 116 valence electrons. The van der Waals surface area contributed by atoms with Crippen molar-refractivity contribution in [3.8, 4) is 5.75 Å². The maximum Gasteiger partial charge on any atom is 0.471 e. The summed E-state index contributed by atoms with van der Waals surface area (Å²) >= 11 is 0. The lowest BCUT2D eigenvalue weighted by Crippen LogP contribution is -2.45. The molecule has 1 aromatic rings. The molecule has 10 heteroatoms. The van der Waals surface area contributed by atoms with E-state index in [1.54, 1.807) is 0 Å². The molecule has 2 rings (SSSR count). The highest BCUT2D eigenvalue weighted by Gasteiger charge is 2.44. The van der Waals surface area contributed by atoms with Crippen molar-refractivity contribution in [1.29, 1.82) is 0 Å². The summed E-state index contributed by atoms with van der Waals surface area (Å²) in [6.45, 7) is -0.415. The van der Waals surface area contributed by atoms with E-state index in [2.05, 4.69) is 0 Å². The Morgan fingerprint density at radius 1 is 1.38 bits per heavy atom. The van der Waals surface area contributed by atoms with Crippen LogP contribution >= 0.6 is 0 Å². The Morgan fingerprint density at radius 3 is 2.62 bits per heavy atom. The zero-order valence-electron chi connectivity index (χ0n) is 10.8. The number of amides is 1. The van der Waals surface area contributed by atoms with Gasteiger partial charge in [-0.05, 0) is 25.2 Å². The van der Waals surface area contributed by atoms with Gasteiger partial charge < -0.3 is 4.74 Å². The normalized spacial score (nSPS) is 15.3. The zero-order valence-corrected chi connectivity index (χ0v) is 11.6. The van der Waals surface area contributed by atoms with Gasteiger partial charge in [-0.3, -0.25) is 9.69 Å². The molecule has 1 heterocycles. The predicted octanol–water partition coefficient (Wildman–Crippen LogP) is 0.882. The lowest BCUT2D eigenvalue weighted by atomic mass is 10.2. The predicted molar refractivity (Wildman–Crippen MR) is 66.6 cm³/mol. The van der Waals surface area contributed by atoms with Gasteiger partial charge in [0.25, 0.3) is 0 Å². The number of benzene rings is 1. The SMILES string of the molecule is CNS(=O)(=O)c1ccc2c(c1)N(C(=O)C(F)(F)F)CCO2. The second-order valence-corrected chi connectivity index (χ2v) is 6.03. The summed E-state index contributed by atoms with van der Waals surface area (Å²) in [7, 11) is -2.67. The number of ether oxygens (including phenoxy) is 1. The summed E-state index contributed by atoms with van der Waals surface area (Å²) < 4.78 is 68.2. The van der Waals surface area contributed by atoms with Gasteiger partial charge in [-0.2, -0.15) is 13.2 Å². The van der Waals surface area contributed by atoms with Gasteiger partial charge in [-0.15, -0.1) is 0 Å². The van der Waals surface area contributed by atoms with Crippen LogP contribution < -0.4 is 14.4 Å². The molecule has 0 fully saturated rings. The third-order valence-corrected chi connectivity index (χ3v) is 4.27. The number of halogens is 3. The molecule has 1 amide bonds. The van der Waals surface area contributed by atoms with Crippen molar-refractivity contribution in [2.45, 2.75) is 11.1 Å². The molecule has 0 spiro atoms. The van der Waals surface area contributed by atoms with Crippen molar-refractivity contribution in [2.75, 3.05) is 25.1 Å². The van der Waals surface area contributed by atoms with Crippen LogP contribution in [-0.4, -0.2) is 40.7 Å². The fourth-order valence-corrected chi connectivity index (χ4v) is 2.60. The molecule has 1 aliphatic rings. The molecular weight excluding hydrogens is 313 g/mol. The summed E-state index contributed by atoms with van der Waals surface area (Å²) in [5, 5.41) is 0. The van der Waals surface area contributed by atoms with E-state index in [0.717, 1.165) is 6.07 Å². The number of nitrogens with zero attached hydrogens (tertiary/aromatic N) is 1. The van der Waals surface area contributed by atoms with E-state index in [4.69, 9.17) is 4.74 Å². The molecule has 0 bridgehead atoms. The summed E-state index contributed by atoms with van der Waals surface area (Å²) in [4.78, 5) is 11.6. The van der Waals surface area contributed by atoms with Crippen LogP contribution in [0.2, 0.25) is 0 Å². The monoisotopic (exact) mass is 324 g/mol. The maximum absolute atomic E-state index is 12.6. The Morgan fingerprint density at radius 2 is 2.05 bits per heavy atom. The molecule has 0 aliphatic carbocycles. The number of hydrogen-bond donors (Lipinski definition) is 1.